The van der Waals surface area contributed by atoms with Crippen LogP contribution in [0.15, 0.2) is 23.8 Å². The predicted molar refractivity (Wildman–Crippen MR) is 85.3 cm³/mol. The maximum Gasteiger partial charge on any atom is 0.114 e. The number of nitrogens with one attached hydrogen (secondary N) is 1. The minimum Gasteiger partial charge on any atom is -0.304 e. The molecular formula is C16H23N3S. The summed E-state index contributed by atoms with van der Waals surface area (Å²) in [7, 11) is 0. The van der Waals surface area contributed by atoms with E-state index < -0.39 is 0 Å². The Morgan fingerprint density at radius 3 is 2.75 bits per heavy atom. The summed E-state index contributed by atoms with van der Waals surface area (Å²) in [5.74, 6) is 0.474. The lowest BCUT2D eigenvalue weighted by Gasteiger charge is -2.18. The van der Waals surface area contributed by atoms with Gasteiger partial charge in [-0.15, -0.1) is 11.3 Å². The first-order chi connectivity index (χ1) is 9.63. The smallest absolute Gasteiger partial charge is 0.114 e. The molecule has 0 aliphatic heterocycles. The molecule has 0 fully saturated rings. The van der Waals surface area contributed by atoms with Crippen LogP contribution in [-0.4, -0.2) is 16.5 Å². The summed E-state index contributed by atoms with van der Waals surface area (Å²) >= 11 is 1.74. The molecule has 0 aliphatic rings. The summed E-state index contributed by atoms with van der Waals surface area (Å²) in [5.41, 5.74) is 3.66. The summed E-state index contributed by atoms with van der Waals surface area (Å²) in [4.78, 5) is 9.09. The number of rotatable bonds is 6. The lowest BCUT2D eigenvalue weighted by Crippen LogP contribution is -2.24. The Bertz CT molecular complexity index is 548. The Labute approximate surface area is 125 Å². The fourth-order valence-electron chi connectivity index (χ4n) is 2.10. The molecule has 2 rings (SSSR count). The zero-order chi connectivity index (χ0) is 14.5. The molecule has 0 radical (unpaired) electrons. The molecule has 2 heterocycles. The average molecular weight is 289 g/mol. The quantitative estimate of drug-likeness (QED) is 0.871. The molecule has 0 aromatic carbocycles. The van der Waals surface area contributed by atoms with Crippen LogP contribution in [0.25, 0.3) is 0 Å². The van der Waals surface area contributed by atoms with Crippen LogP contribution < -0.4 is 5.32 Å². The number of thiazole rings is 1. The summed E-state index contributed by atoms with van der Waals surface area (Å²) in [5, 5.41) is 6.91. The van der Waals surface area contributed by atoms with Gasteiger partial charge in [-0.25, -0.2) is 4.98 Å². The van der Waals surface area contributed by atoms with E-state index >= 15 is 0 Å². The molecule has 0 saturated carbocycles. The highest BCUT2D eigenvalue weighted by molar-refractivity contribution is 7.09. The van der Waals surface area contributed by atoms with E-state index in [2.05, 4.69) is 49.4 Å². The fourth-order valence-corrected chi connectivity index (χ4v) is 3.17. The van der Waals surface area contributed by atoms with E-state index in [0.717, 1.165) is 18.0 Å². The molecule has 0 bridgehead atoms. The standard InChI is InChI=1S/C16H23N3S/c1-5-7-18-15(13-9-17-8-6-12(13)4)16-19-14(10-20-16)11(2)3/h6,8-11,15,18H,5,7H2,1-4H3. The lowest BCUT2D eigenvalue weighted by atomic mass is 10.0. The van der Waals surface area contributed by atoms with E-state index in [9.17, 15) is 0 Å². The highest BCUT2D eigenvalue weighted by Gasteiger charge is 2.19. The van der Waals surface area contributed by atoms with Crippen LogP contribution in [-0.2, 0) is 0 Å². The number of aryl methyl sites for hydroxylation is 1. The molecule has 0 saturated heterocycles. The van der Waals surface area contributed by atoms with Crippen LogP contribution >= 0.6 is 11.3 Å². The van der Waals surface area contributed by atoms with E-state index in [4.69, 9.17) is 4.98 Å². The van der Waals surface area contributed by atoms with Gasteiger partial charge in [-0.1, -0.05) is 20.8 Å². The Balaban J connectivity index is 2.34. The van der Waals surface area contributed by atoms with Gasteiger partial charge in [0.1, 0.15) is 5.01 Å². The van der Waals surface area contributed by atoms with E-state index in [1.54, 1.807) is 11.3 Å². The van der Waals surface area contributed by atoms with Crippen LogP contribution in [0.2, 0.25) is 0 Å². The largest absolute Gasteiger partial charge is 0.304 e. The maximum absolute atomic E-state index is 4.81. The predicted octanol–water partition coefficient (Wildman–Crippen LogP) is 4.06. The minimum absolute atomic E-state index is 0.154. The SMILES string of the molecule is CCCNC(c1nc(C(C)C)cs1)c1cnccc1C. The molecular weight excluding hydrogens is 266 g/mol. The fraction of sp³-hybridized carbons (Fsp3) is 0.500. The van der Waals surface area contributed by atoms with Gasteiger partial charge in [-0.2, -0.15) is 0 Å². The number of hydrogen-bond acceptors (Lipinski definition) is 4. The maximum atomic E-state index is 4.81. The van der Waals surface area contributed by atoms with Gasteiger partial charge >= 0.3 is 0 Å². The normalized spacial score (nSPS) is 12.8. The van der Waals surface area contributed by atoms with Crippen molar-refractivity contribution in [3.05, 3.63) is 45.7 Å². The van der Waals surface area contributed by atoms with Gasteiger partial charge in [0.05, 0.1) is 11.7 Å². The highest BCUT2D eigenvalue weighted by atomic mass is 32.1. The molecule has 2 aromatic rings. The highest BCUT2D eigenvalue weighted by Crippen LogP contribution is 2.28. The van der Waals surface area contributed by atoms with Crippen molar-refractivity contribution in [2.45, 2.75) is 46.1 Å². The van der Waals surface area contributed by atoms with Gasteiger partial charge in [-0.3, -0.25) is 4.98 Å². The van der Waals surface area contributed by atoms with Crippen LogP contribution in [0.3, 0.4) is 0 Å². The summed E-state index contributed by atoms with van der Waals surface area (Å²) in [6.45, 7) is 9.66. The van der Waals surface area contributed by atoms with Gasteiger partial charge in [0.25, 0.3) is 0 Å². The van der Waals surface area contributed by atoms with E-state index in [-0.39, 0.29) is 6.04 Å². The number of aromatic nitrogens is 2. The molecule has 108 valence electrons. The second-order valence-corrected chi connectivity index (χ2v) is 6.27. The molecule has 0 amide bonds. The van der Waals surface area contributed by atoms with Gasteiger partial charge in [0.15, 0.2) is 0 Å². The van der Waals surface area contributed by atoms with Gasteiger partial charge in [-0.05, 0) is 43.0 Å². The zero-order valence-electron chi connectivity index (χ0n) is 12.7. The van der Waals surface area contributed by atoms with Crippen LogP contribution in [0, 0.1) is 6.92 Å². The molecule has 0 spiro atoms. The molecule has 1 N–H and O–H groups in total. The van der Waals surface area contributed by atoms with Crippen molar-refractivity contribution in [3.63, 3.8) is 0 Å². The Hall–Kier alpha value is -1.26. The van der Waals surface area contributed by atoms with Crippen molar-refractivity contribution in [3.8, 4) is 0 Å². The second-order valence-electron chi connectivity index (χ2n) is 5.38. The Morgan fingerprint density at radius 1 is 1.35 bits per heavy atom. The van der Waals surface area contributed by atoms with Gasteiger partial charge < -0.3 is 5.32 Å². The molecule has 1 atom stereocenters. The third-order valence-corrected chi connectivity index (χ3v) is 4.30. The third-order valence-electron chi connectivity index (χ3n) is 3.37. The van der Waals surface area contributed by atoms with Crippen molar-refractivity contribution in [1.82, 2.24) is 15.3 Å². The van der Waals surface area contributed by atoms with Crippen LogP contribution in [0.5, 0.6) is 0 Å². The lowest BCUT2D eigenvalue weighted by molar-refractivity contribution is 0.589. The zero-order valence-corrected chi connectivity index (χ0v) is 13.5. The topological polar surface area (TPSA) is 37.8 Å². The first-order valence-corrected chi connectivity index (χ1v) is 8.10. The second kappa shape index (κ2) is 6.95. The van der Waals surface area contributed by atoms with Crippen LogP contribution in [0.1, 0.15) is 61.0 Å². The first-order valence-electron chi connectivity index (χ1n) is 7.22. The van der Waals surface area contributed by atoms with Crippen molar-refractivity contribution in [1.29, 1.82) is 0 Å². The van der Waals surface area contributed by atoms with E-state index in [1.165, 1.54) is 16.8 Å². The molecule has 20 heavy (non-hydrogen) atoms. The van der Waals surface area contributed by atoms with Crippen molar-refractivity contribution in [2.24, 2.45) is 0 Å². The van der Waals surface area contributed by atoms with Crippen molar-refractivity contribution < 1.29 is 0 Å². The molecule has 0 aliphatic carbocycles. The van der Waals surface area contributed by atoms with Gasteiger partial charge in [0, 0.05) is 17.8 Å². The monoisotopic (exact) mass is 289 g/mol. The number of hydrogen-bond donors (Lipinski definition) is 1. The number of pyridine rings is 1. The summed E-state index contributed by atoms with van der Waals surface area (Å²) in [6, 6.07) is 2.22. The minimum atomic E-state index is 0.154. The molecule has 4 heteroatoms. The van der Waals surface area contributed by atoms with E-state index in [1.807, 2.05) is 12.4 Å². The number of nitrogens with zero attached hydrogens (tertiary/aromatic N) is 2. The Morgan fingerprint density at radius 2 is 2.15 bits per heavy atom. The van der Waals surface area contributed by atoms with Crippen molar-refractivity contribution >= 4 is 11.3 Å². The Kier molecular flexibility index (Phi) is 5.26. The molecule has 2 aromatic heterocycles. The molecule has 1 unspecified atom stereocenters. The summed E-state index contributed by atoms with van der Waals surface area (Å²) in [6.07, 6.45) is 4.91. The van der Waals surface area contributed by atoms with Crippen LogP contribution in [0.4, 0.5) is 0 Å². The average Bonchev–Trinajstić information content (AvgIpc) is 2.91. The molecule has 3 nitrogen and oxygen atoms in total. The third kappa shape index (κ3) is 3.44. The van der Waals surface area contributed by atoms with Crippen molar-refractivity contribution in [2.75, 3.05) is 6.54 Å². The van der Waals surface area contributed by atoms with Gasteiger partial charge in [0.2, 0.25) is 0 Å². The summed E-state index contributed by atoms with van der Waals surface area (Å²) < 4.78 is 0. The van der Waals surface area contributed by atoms with E-state index in [0.29, 0.717) is 5.92 Å². The first kappa shape index (κ1) is 15.1.